The number of alkyl halides is 3. The van der Waals surface area contributed by atoms with Gasteiger partial charge in [-0.25, -0.2) is 5.84 Å². The third kappa shape index (κ3) is 4.93. The summed E-state index contributed by atoms with van der Waals surface area (Å²) in [6.45, 7) is 1.96. The summed E-state index contributed by atoms with van der Waals surface area (Å²) >= 11 is 0. The van der Waals surface area contributed by atoms with Gasteiger partial charge in [0.05, 0.1) is 11.4 Å². The van der Waals surface area contributed by atoms with Crippen molar-refractivity contribution in [3.05, 3.63) is 65.9 Å². The van der Waals surface area contributed by atoms with Crippen LogP contribution in [0.4, 0.5) is 18.9 Å². The summed E-state index contributed by atoms with van der Waals surface area (Å²) in [6.07, 6.45) is -3.23. The molecule has 0 aromatic heterocycles. The van der Waals surface area contributed by atoms with Crippen molar-refractivity contribution in [1.82, 2.24) is 0 Å². The Bertz CT molecular complexity index is 679. The lowest BCUT2D eigenvalue weighted by Gasteiger charge is -2.16. The van der Waals surface area contributed by atoms with Crippen molar-refractivity contribution < 1.29 is 17.9 Å². The largest absolute Gasteiger partial charge is 0.573 e. The fraction of sp³-hybridized carbons (Fsp3) is 0.125. The highest BCUT2D eigenvalue weighted by molar-refractivity contribution is 5.66. The molecular formula is C16H16F3N3O. The minimum absolute atomic E-state index is 0.315. The summed E-state index contributed by atoms with van der Waals surface area (Å²) in [7, 11) is 0. The first-order valence-corrected chi connectivity index (χ1v) is 6.69. The predicted octanol–water partition coefficient (Wildman–Crippen LogP) is 3.53. The molecule has 4 nitrogen and oxygen atoms in total. The Hall–Kier alpha value is -2.67. The third-order valence-electron chi connectivity index (χ3n) is 3.03. The van der Waals surface area contributed by atoms with Crippen molar-refractivity contribution in [3.8, 4) is 5.75 Å². The van der Waals surface area contributed by atoms with E-state index in [9.17, 15) is 13.2 Å². The van der Waals surface area contributed by atoms with Crippen LogP contribution >= 0.6 is 0 Å². The number of rotatable bonds is 4. The average molecular weight is 323 g/mol. The molecule has 4 N–H and O–H groups in total. The number of ether oxygens (including phenoxy) is 1. The van der Waals surface area contributed by atoms with Crippen LogP contribution in [0.15, 0.2) is 54.7 Å². The van der Waals surface area contributed by atoms with E-state index in [1.54, 1.807) is 0 Å². The lowest BCUT2D eigenvalue weighted by atomic mass is 10.1. The standard InChI is InChI=1S/C16H16F3N3O/c1-11-2-4-12(5-3-11)15(20)10-22(21)13-6-8-14(9-7-13)23-16(17,18)19/h2-10H,20-21H2,1H3/b15-10-. The van der Waals surface area contributed by atoms with E-state index in [1.807, 2.05) is 31.2 Å². The van der Waals surface area contributed by atoms with Gasteiger partial charge in [-0.15, -0.1) is 13.2 Å². The van der Waals surface area contributed by atoms with Crippen LogP contribution in [0, 0.1) is 6.92 Å². The minimum atomic E-state index is -4.72. The zero-order chi connectivity index (χ0) is 17.0. The number of aryl methyl sites for hydroxylation is 1. The van der Waals surface area contributed by atoms with Gasteiger partial charge < -0.3 is 10.5 Å². The highest BCUT2D eigenvalue weighted by Crippen LogP contribution is 2.25. The second kappa shape index (κ2) is 6.62. The normalized spacial score (nSPS) is 12.1. The molecule has 0 unspecified atom stereocenters. The number of nitrogens with two attached hydrogens (primary N) is 2. The van der Waals surface area contributed by atoms with Crippen LogP contribution in [0.1, 0.15) is 11.1 Å². The lowest BCUT2D eigenvalue weighted by Crippen LogP contribution is -2.25. The zero-order valence-electron chi connectivity index (χ0n) is 12.3. The molecule has 0 atom stereocenters. The summed E-state index contributed by atoms with van der Waals surface area (Å²) in [4.78, 5) is 0. The molecule has 2 aromatic carbocycles. The van der Waals surface area contributed by atoms with Gasteiger partial charge in [0.25, 0.3) is 0 Å². The molecule has 0 saturated heterocycles. The molecule has 0 heterocycles. The second-order valence-corrected chi connectivity index (χ2v) is 4.90. The van der Waals surface area contributed by atoms with Gasteiger partial charge in [0, 0.05) is 6.20 Å². The highest BCUT2D eigenvalue weighted by Gasteiger charge is 2.30. The summed E-state index contributed by atoms with van der Waals surface area (Å²) < 4.78 is 40.1. The Morgan fingerprint density at radius 1 is 1.04 bits per heavy atom. The average Bonchev–Trinajstić information content (AvgIpc) is 2.46. The zero-order valence-corrected chi connectivity index (χ0v) is 12.3. The second-order valence-electron chi connectivity index (χ2n) is 4.90. The van der Waals surface area contributed by atoms with Crippen LogP contribution in [0.3, 0.4) is 0 Å². The van der Waals surface area contributed by atoms with Gasteiger partial charge in [-0.1, -0.05) is 29.8 Å². The van der Waals surface area contributed by atoms with Crippen LogP contribution in [-0.4, -0.2) is 6.36 Å². The van der Waals surface area contributed by atoms with Crippen molar-refractivity contribution >= 4 is 11.4 Å². The first kappa shape index (κ1) is 16.7. The van der Waals surface area contributed by atoms with Crippen LogP contribution < -0.4 is 21.3 Å². The van der Waals surface area contributed by atoms with Crippen LogP contribution in [0.5, 0.6) is 5.75 Å². The van der Waals surface area contributed by atoms with E-state index in [0.717, 1.165) is 11.1 Å². The van der Waals surface area contributed by atoms with Gasteiger partial charge in [0.2, 0.25) is 0 Å². The molecular weight excluding hydrogens is 307 g/mol. The molecule has 0 aliphatic heterocycles. The number of benzene rings is 2. The number of halogens is 3. The van der Waals surface area contributed by atoms with Crippen LogP contribution in [0.25, 0.3) is 5.70 Å². The van der Waals surface area contributed by atoms with Gasteiger partial charge >= 0.3 is 6.36 Å². The predicted molar refractivity (Wildman–Crippen MR) is 83.1 cm³/mol. The third-order valence-corrected chi connectivity index (χ3v) is 3.03. The first-order valence-electron chi connectivity index (χ1n) is 6.69. The quantitative estimate of drug-likeness (QED) is 0.667. The number of nitrogens with zero attached hydrogens (tertiary/aromatic N) is 1. The summed E-state index contributed by atoms with van der Waals surface area (Å²) in [5, 5.41) is 1.23. The van der Waals surface area contributed by atoms with Gasteiger partial charge in [-0.2, -0.15) is 0 Å². The van der Waals surface area contributed by atoms with E-state index in [4.69, 9.17) is 11.6 Å². The molecule has 122 valence electrons. The van der Waals surface area contributed by atoms with Gasteiger partial charge in [0.1, 0.15) is 5.75 Å². The van der Waals surface area contributed by atoms with Crippen LogP contribution in [0.2, 0.25) is 0 Å². The first-order chi connectivity index (χ1) is 10.7. The molecule has 23 heavy (non-hydrogen) atoms. The maximum absolute atomic E-state index is 12.1. The highest BCUT2D eigenvalue weighted by atomic mass is 19.4. The number of hydrazine groups is 1. The molecule has 0 aliphatic rings. The lowest BCUT2D eigenvalue weighted by molar-refractivity contribution is -0.274. The van der Waals surface area contributed by atoms with Crippen molar-refractivity contribution in [2.45, 2.75) is 13.3 Å². The summed E-state index contributed by atoms with van der Waals surface area (Å²) in [6, 6.07) is 12.7. The Labute approximate surface area is 131 Å². The van der Waals surface area contributed by atoms with Gasteiger partial charge in [-0.3, -0.25) is 5.01 Å². The Morgan fingerprint density at radius 3 is 2.13 bits per heavy atom. The van der Waals surface area contributed by atoms with Crippen molar-refractivity contribution in [3.63, 3.8) is 0 Å². The van der Waals surface area contributed by atoms with E-state index >= 15 is 0 Å². The van der Waals surface area contributed by atoms with E-state index < -0.39 is 6.36 Å². The Balaban J connectivity index is 2.12. The number of hydrogen-bond donors (Lipinski definition) is 2. The van der Waals surface area contributed by atoms with E-state index in [1.165, 1.54) is 35.5 Å². The molecule has 0 amide bonds. The maximum atomic E-state index is 12.1. The molecule has 0 aliphatic carbocycles. The number of hydrogen-bond acceptors (Lipinski definition) is 4. The molecule has 2 aromatic rings. The smallest absolute Gasteiger partial charge is 0.406 e. The summed E-state index contributed by atoms with van der Waals surface area (Å²) in [5.41, 5.74) is 8.76. The van der Waals surface area contributed by atoms with Gasteiger partial charge in [-0.05, 0) is 36.8 Å². The molecule has 2 rings (SSSR count). The maximum Gasteiger partial charge on any atom is 0.573 e. The van der Waals surface area contributed by atoms with Crippen LogP contribution in [-0.2, 0) is 0 Å². The molecule has 0 fully saturated rings. The molecule has 0 saturated carbocycles. The topological polar surface area (TPSA) is 64.5 Å². The monoisotopic (exact) mass is 323 g/mol. The van der Waals surface area contributed by atoms with Crippen molar-refractivity contribution in [2.75, 3.05) is 5.01 Å². The minimum Gasteiger partial charge on any atom is -0.406 e. The van der Waals surface area contributed by atoms with Crippen molar-refractivity contribution in [1.29, 1.82) is 0 Å². The molecule has 0 spiro atoms. The SMILES string of the molecule is Cc1ccc(/C(N)=C/N(N)c2ccc(OC(F)(F)F)cc2)cc1. The molecule has 0 radical (unpaired) electrons. The van der Waals surface area contributed by atoms with E-state index in [2.05, 4.69) is 4.74 Å². The Morgan fingerprint density at radius 2 is 1.61 bits per heavy atom. The summed E-state index contributed by atoms with van der Waals surface area (Å²) in [5.74, 6) is 5.54. The van der Waals surface area contributed by atoms with E-state index in [-0.39, 0.29) is 5.75 Å². The molecule has 0 bridgehead atoms. The van der Waals surface area contributed by atoms with E-state index in [0.29, 0.717) is 11.4 Å². The fourth-order valence-corrected chi connectivity index (χ4v) is 1.86. The fourth-order valence-electron chi connectivity index (χ4n) is 1.86. The van der Waals surface area contributed by atoms with Crippen molar-refractivity contribution in [2.24, 2.45) is 11.6 Å². The number of anilines is 1. The molecule has 7 heteroatoms. The Kier molecular flexibility index (Phi) is 4.80. The van der Waals surface area contributed by atoms with Gasteiger partial charge in [0.15, 0.2) is 0 Å².